The van der Waals surface area contributed by atoms with E-state index in [9.17, 15) is 14.9 Å². The van der Waals surface area contributed by atoms with E-state index >= 15 is 0 Å². The lowest BCUT2D eigenvalue weighted by atomic mass is 10.2. The maximum absolute atomic E-state index is 12.4. The molecule has 132 valence electrons. The topological polar surface area (TPSA) is 84.3 Å². The summed E-state index contributed by atoms with van der Waals surface area (Å²) in [6.45, 7) is 0. The molecule has 0 radical (unpaired) electrons. The van der Waals surface area contributed by atoms with Crippen molar-refractivity contribution in [1.82, 2.24) is 5.32 Å². The molecule has 1 amide bonds. The summed E-state index contributed by atoms with van der Waals surface area (Å²) in [7, 11) is 0. The SMILES string of the molecule is O=C(NC(Nc1ccc([N+](=O)[O-])cc1)C(Cl)(Cl)Cl)c1ccccc1Cl. The van der Waals surface area contributed by atoms with Gasteiger partial charge in [-0.1, -0.05) is 58.5 Å². The van der Waals surface area contributed by atoms with Crippen molar-refractivity contribution in [3.05, 3.63) is 69.2 Å². The van der Waals surface area contributed by atoms with Gasteiger partial charge < -0.3 is 10.6 Å². The van der Waals surface area contributed by atoms with Crippen molar-refractivity contribution in [2.45, 2.75) is 9.96 Å². The Morgan fingerprint density at radius 1 is 1.08 bits per heavy atom. The number of rotatable bonds is 5. The molecule has 2 aromatic rings. The molecule has 2 rings (SSSR count). The summed E-state index contributed by atoms with van der Waals surface area (Å²) in [6.07, 6.45) is -1.11. The number of benzene rings is 2. The predicted molar refractivity (Wildman–Crippen MR) is 99.7 cm³/mol. The van der Waals surface area contributed by atoms with Crippen LogP contribution in [-0.4, -0.2) is 20.8 Å². The first-order valence-corrected chi connectivity index (χ1v) is 8.33. The lowest BCUT2D eigenvalue weighted by Gasteiger charge is -2.27. The minimum Gasteiger partial charge on any atom is -0.362 e. The van der Waals surface area contributed by atoms with Crippen LogP contribution in [0.5, 0.6) is 0 Å². The zero-order chi connectivity index (χ0) is 18.6. The van der Waals surface area contributed by atoms with Crippen LogP contribution in [-0.2, 0) is 0 Å². The van der Waals surface area contributed by atoms with Gasteiger partial charge in [-0.3, -0.25) is 14.9 Å². The van der Waals surface area contributed by atoms with Crippen LogP contribution in [0.4, 0.5) is 11.4 Å². The van der Waals surface area contributed by atoms with Gasteiger partial charge in [0, 0.05) is 17.8 Å². The van der Waals surface area contributed by atoms with Crippen molar-refractivity contribution in [2.75, 3.05) is 5.32 Å². The Balaban J connectivity index is 2.18. The molecule has 0 aliphatic carbocycles. The average Bonchev–Trinajstić information content (AvgIpc) is 2.54. The summed E-state index contributed by atoms with van der Waals surface area (Å²) in [5.74, 6) is -0.545. The van der Waals surface area contributed by atoms with Gasteiger partial charge in [0.15, 0.2) is 0 Å². The third-order valence-corrected chi connectivity index (χ3v) is 4.09. The van der Waals surface area contributed by atoms with Crippen molar-refractivity contribution in [3.63, 3.8) is 0 Å². The van der Waals surface area contributed by atoms with E-state index < -0.39 is 20.8 Å². The van der Waals surface area contributed by atoms with Gasteiger partial charge in [0.2, 0.25) is 3.79 Å². The summed E-state index contributed by atoms with van der Waals surface area (Å²) in [4.78, 5) is 22.5. The van der Waals surface area contributed by atoms with Gasteiger partial charge in [0.25, 0.3) is 11.6 Å². The summed E-state index contributed by atoms with van der Waals surface area (Å²) in [5.41, 5.74) is 0.548. The van der Waals surface area contributed by atoms with Crippen LogP contribution >= 0.6 is 46.4 Å². The third-order valence-electron chi connectivity index (χ3n) is 3.11. The van der Waals surface area contributed by atoms with E-state index in [1.165, 1.54) is 30.3 Å². The molecule has 25 heavy (non-hydrogen) atoms. The summed E-state index contributed by atoms with van der Waals surface area (Å²) < 4.78 is -1.89. The van der Waals surface area contributed by atoms with E-state index in [0.717, 1.165) is 0 Å². The van der Waals surface area contributed by atoms with Gasteiger partial charge in [-0.15, -0.1) is 0 Å². The van der Waals surface area contributed by atoms with Gasteiger partial charge in [0.05, 0.1) is 15.5 Å². The number of carbonyl (C=O) groups is 1. The molecule has 0 aromatic heterocycles. The third kappa shape index (κ3) is 5.37. The van der Waals surface area contributed by atoms with Crippen molar-refractivity contribution in [2.24, 2.45) is 0 Å². The molecule has 0 saturated heterocycles. The highest BCUT2D eigenvalue weighted by molar-refractivity contribution is 6.68. The van der Waals surface area contributed by atoms with Gasteiger partial charge in [-0.2, -0.15) is 0 Å². The number of halogens is 4. The van der Waals surface area contributed by atoms with Crippen molar-refractivity contribution in [1.29, 1.82) is 0 Å². The largest absolute Gasteiger partial charge is 0.362 e. The number of nitro groups is 1. The molecule has 0 fully saturated rings. The van der Waals surface area contributed by atoms with E-state index in [2.05, 4.69) is 10.6 Å². The Morgan fingerprint density at radius 3 is 2.20 bits per heavy atom. The van der Waals surface area contributed by atoms with E-state index in [1.807, 2.05) is 0 Å². The van der Waals surface area contributed by atoms with Crippen LogP contribution in [0.2, 0.25) is 5.02 Å². The van der Waals surface area contributed by atoms with Crippen LogP contribution < -0.4 is 10.6 Å². The first-order chi connectivity index (χ1) is 11.7. The van der Waals surface area contributed by atoms with Crippen molar-refractivity contribution >= 4 is 63.7 Å². The van der Waals surface area contributed by atoms with Crippen molar-refractivity contribution in [3.8, 4) is 0 Å². The molecule has 6 nitrogen and oxygen atoms in total. The number of nitrogens with one attached hydrogen (secondary N) is 2. The molecule has 0 aliphatic rings. The zero-order valence-electron chi connectivity index (χ0n) is 12.4. The van der Waals surface area contributed by atoms with Gasteiger partial charge >= 0.3 is 0 Å². The molecule has 1 unspecified atom stereocenters. The molecular weight excluding hydrogens is 412 g/mol. The van der Waals surface area contributed by atoms with Crippen LogP contribution in [0, 0.1) is 10.1 Å². The number of anilines is 1. The summed E-state index contributed by atoms with van der Waals surface area (Å²) in [5, 5.41) is 16.3. The van der Waals surface area contributed by atoms with E-state index in [-0.39, 0.29) is 16.3 Å². The highest BCUT2D eigenvalue weighted by atomic mass is 35.6. The number of carbonyl (C=O) groups excluding carboxylic acids is 1. The number of nitrogens with zero attached hydrogens (tertiary/aromatic N) is 1. The zero-order valence-corrected chi connectivity index (χ0v) is 15.4. The number of nitro benzene ring substituents is 1. The molecule has 0 spiro atoms. The monoisotopic (exact) mass is 421 g/mol. The van der Waals surface area contributed by atoms with Crippen molar-refractivity contribution < 1.29 is 9.72 Å². The smallest absolute Gasteiger partial charge is 0.269 e. The number of non-ortho nitro benzene ring substituents is 1. The van der Waals surface area contributed by atoms with E-state index in [1.54, 1.807) is 18.2 Å². The molecule has 0 heterocycles. The van der Waals surface area contributed by atoms with Crippen LogP contribution in [0.25, 0.3) is 0 Å². The fourth-order valence-electron chi connectivity index (χ4n) is 1.90. The number of hydrogen-bond donors (Lipinski definition) is 2. The second-order valence-corrected chi connectivity index (χ2v) is 7.65. The Hall–Kier alpha value is -1.73. The van der Waals surface area contributed by atoms with Crippen LogP contribution in [0.15, 0.2) is 48.5 Å². The first-order valence-electron chi connectivity index (χ1n) is 6.81. The minimum absolute atomic E-state index is 0.0870. The fourth-order valence-corrected chi connectivity index (χ4v) is 2.45. The molecule has 0 aliphatic heterocycles. The second kappa shape index (κ2) is 8.10. The highest BCUT2D eigenvalue weighted by Gasteiger charge is 2.34. The number of amides is 1. The number of alkyl halides is 3. The molecule has 1 atom stereocenters. The first kappa shape index (κ1) is 19.6. The molecule has 10 heteroatoms. The quantitative estimate of drug-likeness (QED) is 0.314. The van der Waals surface area contributed by atoms with Gasteiger partial charge in [-0.25, -0.2) is 0 Å². The highest BCUT2D eigenvalue weighted by Crippen LogP contribution is 2.32. The summed E-state index contributed by atoms with van der Waals surface area (Å²) in [6, 6.07) is 11.9. The Kier molecular flexibility index (Phi) is 6.35. The lowest BCUT2D eigenvalue weighted by molar-refractivity contribution is -0.384. The van der Waals surface area contributed by atoms with Gasteiger partial charge in [0.1, 0.15) is 6.17 Å². The van der Waals surface area contributed by atoms with Gasteiger partial charge in [-0.05, 0) is 24.3 Å². The number of hydrogen-bond acceptors (Lipinski definition) is 4. The maximum atomic E-state index is 12.4. The van der Waals surface area contributed by atoms with Crippen LogP contribution in [0.3, 0.4) is 0 Å². The second-order valence-electron chi connectivity index (χ2n) is 4.88. The Labute approximate surface area is 163 Å². The molecule has 0 saturated carbocycles. The molecule has 2 aromatic carbocycles. The molecular formula is C15H11Cl4N3O3. The molecule has 0 bridgehead atoms. The van der Waals surface area contributed by atoms with Crippen LogP contribution in [0.1, 0.15) is 10.4 Å². The Morgan fingerprint density at radius 2 is 1.68 bits per heavy atom. The lowest BCUT2D eigenvalue weighted by Crippen LogP contribution is -2.49. The maximum Gasteiger partial charge on any atom is 0.269 e. The van der Waals surface area contributed by atoms with E-state index in [0.29, 0.717) is 5.69 Å². The minimum atomic E-state index is -1.89. The summed E-state index contributed by atoms with van der Waals surface area (Å²) >= 11 is 23.7. The standard InChI is InChI=1S/C15H11Cl4N3O3/c16-12-4-2-1-3-11(12)13(23)21-14(15(17,18)19)20-9-5-7-10(8-6-9)22(24)25/h1-8,14,20H,(H,21,23). The normalized spacial score (nSPS) is 12.3. The Bertz CT molecular complexity index is 778. The average molecular weight is 423 g/mol. The van der Waals surface area contributed by atoms with E-state index in [4.69, 9.17) is 46.4 Å². The molecule has 2 N–H and O–H groups in total. The fraction of sp³-hybridized carbons (Fsp3) is 0.133. The predicted octanol–water partition coefficient (Wildman–Crippen LogP) is 4.79.